The second-order valence-corrected chi connectivity index (χ2v) is 7.19. The van der Waals surface area contributed by atoms with E-state index in [2.05, 4.69) is 48.3 Å². The van der Waals surface area contributed by atoms with E-state index in [9.17, 15) is 4.79 Å². The molecule has 0 saturated heterocycles. The number of amides is 1. The molecule has 1 amide bonds. The van der Waals surface area contributed by atoms with Gasteiger partial charge in [-0.25, -0.2) is 4.98 Å². The molecular formula is C23H23N3O3. The molecule has 4 rings (SSSR count). The van der Waals surface area contributed by atoms with Gasteiger partial charge >= 0.3 is 0 Å². The van der Waals surface area contributed by atoms with E-state index in [0.717, 1.165) is 12.0 Å². The summed E-state index contributed by atoms with van der Waals surface area (Å²) in [5.41, 5.74) is 4.35. The molecule has 1 aromatic carbocycles. The van der Waals surface area contributed by atoms with Gasteiger partial charge in [0, 0.05) is 13.1 Å². The normalized spacial score (nSPS) is 11.1. The molecule has 0 aliphatic rings. The second-order valence-electron chi connectivity index (χ2n) is 7.19. The van der Waals surface area contributed by atoms with Crippen LogP contribution in [0.1, 0.15) is 40.5 Å². The smallest absolute Gasteiger partial charge is 0.259 e. The first-order chi connectivity index (χ1) is 14.1. The van der Waals surface area contributed by atoms with Crippen molar-refractivity contribution >= 4 is 17.0 Å². The van der Waals surface area contributed by atoms with Crippen molar-refractivity contribution in [1.82, 2.24) is 15.0 Å². The monoisotopic (exact) mass is 389 g/mol. The number of aryl methyl sites for hydroxylation is 2. The molecule has 3 aromatic heterocycles. The summed E-state index contributed by atoms with van der Waals surface area (Å²) < 4.78 is 10.9. The average Bonchev–Trinajstić information content (AvgIpc) is 3.38. The minimum absolute atomic E-state index is 0.0704. The van der Waals surface area contributed by atoms with Crippen molar-refractivity contribution in [1.29, 1.82) is 0 Å². The van der Waals surface area contributed by atoms with Crippen LogP contribution < -0.4 is 0 Å². The molecule has 0 spiro atoms. The zero-order chi connectivity index (χ0) is 20.4. The van der Waals surface area contributed by atoms with Gasteiger partial charge in [-0.15, -0.1) is 0 Å². The number of hydrogen-bond acceptors (Lipinski definition) is 5. The maximum absolute atomic E-state index is 13.6. The highest BCUT2D eigenvalue weighted by molar-refractivity contribution is 6.06. The lowest BCUT2D eigenvalue weighted by Gasteiger charge is -2.23. The van der Waals surface area contributed by atoms with Crippen LogP contribution in [-0.2, 0) is 6.54 Å². The van der Waals surface area contributed by atoms with E-state index in [1.54, 1.807) is 18.4 Å². The van der Waals surface area contributed by atoms with E-state index in [4.69, 9.17) is 8.94 Å². The first kappa shape index (κ1) is 18.9. The first-order valence-electron chi connectivity index (χ1n) is 9.72. The van der Waals surface area contributed by atoms with Crippen LogP contribution in [0.5, 0.6) is 0 Å². The highest BCUT2D eigenvalue weighted by Gasteiger charge is 2.24. The Hall–Kier alpha value is -3.41. The van der Waals surface area contributed by atoms with Gasteiger partial charge in [-0.1, -0.05) is 41.9 Å². The lowest BCUT2D eigenvalue weighted by molar-refractivity contribution is 0.0745. The number of furan rings is 1. The molecule has 6 heteroatoms. The number of aromatic nitrogens is 2. The number of rotatable bonds is 6. The Labute approximate surface area is 169 Å². The number of pyridine rings is 1. The number of hydrogen-bond donors (Lipinski definition) is 0. The van der Waals surface area contributed by atoms with E-state index in [1.807, 2.05) is 17.9 Å². The molecule has 148 valence electrons. The maximum Gasteiger partial charge on any atom is 0.259 e. The van der Waals surface area contributed by atoms with E-state index in [1.165, 1.54) is 5.56 Å². The van der Waals surface area contributed by atoms with Gasteiger partial charge in [-0.3, -0.25) is 4.79 Å². The standard InChI is InChI=1S/C23H23N3O3/c1-4-11-26(14-17-9-7-15(2)8-10-17)23(27)18-13-19(20-6-5-12-28-20)24-22-21(18)16(3)25-29-22/h5-10,12-13H,4,11,14H2,1-3H3. The van der Waals surface area contributed by atoms with Crippen molar-refractivity contribution in [2.24, 2.45) is 0 Å². The number of nitrogens with zero attached hydrogens (tertiary/aromatic N) is 3. The van der Waals surface area contributed by atoms with Crippen molar-refractivity contribution < 1.29 is 13.7 Å². The van der Waals surface area contributed by atoms with Gasteiger partial charge < -0.3 is 13.8 Å². The molecule has 0 bridgehead atoms. The highest BCUT2D eigenvalue weighted by Crippen LogP contribution is 2.28. The first-order valence-corrected chi connectivity index (χ1v) is 9.72. The SMILES string of the molecule is CCCN(Cc1ccc(C)cc1)C(=O)c1cc(-c2ccco2)nc2onc(C)c12. The predicted octanol–water partition coefficient (Wildman–Crippen LogP) is 5.15. The summed E-state index contributed by atoms with van der Waals surface area (Å²) >= 11 is 0. The van der Waals surface area contributed by atoms with Crippen molar-refractivity contribution in [2.45, 2.75) is 33.7 Å². The van der Waals surface area contributed by atoms with E-state index in [0.29, 0.717) is 46.9 Å². The molecule has 4 aromatic rings. The van der Waals surface area contributed by atoms with E-state index >= 15 is 0 Å². The van der Waals surface area contributed by atoms with E-state index < -0.39 is 0 Å². The molecule has 0 saturated carbocycles. The van der Waals surface area contributed by atoms with Crippen LogP contribution in [0.25, 0.3) is 22.6 Å². The lowest BCUT2D eigenvalue weighted by Crippen LogP contribution is -2.31. The number of benzene rings is 1. The third kappa shape index (κ3) is 3.78. The Morgan fingerprint density at radius 1 is 1.14 bits per heavy atom. The fraction of sp³-hybridized carbons (Fsp3) is 0.261. The topological polar surface area (TPSA) is 72.4 Å². The van der Waals surface area contributed by atoms with Crippen LogP contribution in [0.2, 0.25) is 0 Å². The Morgan fingerprint density at radius 2 is 1.93 bits per heavy atom. The lowest BCUT2D eigenvalue weighted by atomic mass is 10.1. The fourth-order valence-electron chi connectivity index (χ4n) is 3.42. The van der Waals surface area contributed by atoms with Crippen molar-refractivity contribution in [2.75, 3.05) is 6.54 Å². The summed E-state index contributed by atoms with van der Waals surface area (Å²) in [5.74, 6) is 0.509. The summed E-state index contributed by atoms with van der Waals surface area (Å²) in [5, 5.41) is 4.67. The van der Waals surface area contributed by atoms with Crippen LogP contribution in [-0.4, -0.2) is 27.5 Å². The Morgan fingerprint density at radius 3 is 2.62 bits per heavy atom. The molecule has 0 atom stereocenters. The zero-order valence-electron chi connectivity index (χ0n) is 16.8. The summed E-state index contributed by atoms with van der Waals surface area (Å²) in [6.45, 7) is 7.13. The van der Waals surface area contributed by atoms with Crippen molar-refractivity contribution in [3.8, 4) is 11.5 Å². The predicted molar refractivity (Wildman–Crippen MR) is 110 cm³/mol. The average molecular weight is 389 g/mol. The molecule has 29 heavy (non-hydrogen) atoms. The molecule has 6 nitrogen and oxygen atoms in total. The van der Waals surface area contributed by atoms with Crippen LogP contribution in [0.15, 0.2) is 57.7 Å². The van der Waals surface area contributed by atoms with Crippen LogP contribution >= 0.6 is 0 Å². The summed E-state index contributed by atoms with van der Waals surface area (Å²) in [6.07, 6.45) is 2.44. The third-order valence-corrected chi connectivity index (χ3v) is 4.90. The minimum atomic E-state index is -0.0704. The molecule has 3 heterocycles. The number of fused-ring (bicyclic) bond motifs is 1. The largest absolute Gasteiger partial charge is 0.463 e. The third-order valence-electron chi connectivity index (χ3n) is 4.90. The van der Waals surface area contributed by atoms with Gasteiger partial charge in [0.1, 0.15) is 5.69 Å². The van der Waals surface area contributed by atoms with E-state index in [-0.39, 0.29) is 5.91 Å². The summed E-state index contributed by atoms with van der Waals surface area (Å²) in [4.78, 5) is 19.9. The fourth-order valence-corrected chi connectivity index (χ4v) is 3.42. The molecule has 0 radical (unpaired) electrons. The Bertz CT molecular complexity index is 1130. The molecule has 0 aliphatic heterocycles. The van der Waals surface area contributed by atoms with Crippen molar-refractivity contribution in [3.05, 3.63) is 71.1 Å². The van der Waals surface area contributed by atoms with Gasteiger partial charge in [0.05, 0.1) is 22.9 Å². The minimum Gasteiger partial charge on any atom is -0.463 e. The van der Waals surface area contributed by atoms with Crippen LogP contribution in [0, 0.1) is 13.8 Å². The van der Waals surface area contributed by atoms with Gasteiger partial charge in [-0.05, 0) is 44.0 Å². The summed E-state index contributed by atoms with van der Waals surface area (Å²) in [6, 6.07) is 13.6. The van der Waals surface area contributed by atoms with Gasteiger partial charge in [0.25, 0.3) is 11.6 Å². The Balaban J connectivity index is 1.76. The van der Waals surface area contributed by atoms with Gasteiger partial charge in [0.15, 0.2) is 5.76 Å². The molecule has 0 unspecified atom stereocenters. The second kappa shape index (κ2) is 7.91. The van der Waals surface area contributed by atoms with Gasteiger partial charge in [-0.2, -0.15) is 0 Å². The molecule has 0 aliphatic carbocycles. The van der Waals surface area contributed by atoms with Crippen molar-refractivity contribution in [3.63, 3.8) is 0 Å². The van der Waals surface area contributed by atoms with Crippen LogP contribution in [0.4, 0.5) is 0 Å². The zero-order valence-corrected chi connectivity index (χ0v) is 16.8. The maximum atomic E-state index is 13.6. The Kier molecular flexibility index (Phi) is 5.16. The van der Waals surface area contributed by atoms with Crippen LogP contribution in [0.3, 0.4) is 0 Å². The quantitative estimate of drug-likeness (QED) is 0.456. The number of carbonyl (C=O) groups is 1. The molecule has 0 fully saturated rings. The molecule has 0 N–H and O–H groups in total. The summed E-state index contributed by atoms with van der Waals surface area (Å²) in [7, 11) is 0. The van der Waals surface area contributed by atoms with Gasteiger partial charge in [0.2, 0.25) is 0 Å². The molecular weight excluding hydrogens is 366 g/mol. The number of carbonyl (C=O) groups excluding carboxylic acids is 1. The highest BCUT2D eigenvalue weighted by atomic mass is 16.5.